The van der Waals surface area contributed by atoms with Gasteiger partial charge in [0.2, 0.25) is 0 Å². The van der Waals surface area contributed by atoms with Crippen LogP contribution >= 0.6 is 23.1 Å². The van der Waals surface area contributed by atoms with Crippen molar-refractivity contribution in [3.63, 3.8) is 0 Å². The van der Waals surface area contributed by atoms with Crippen LogP contribution in [0.3, 0.4) is 0 Å². The Morgan fingerprint density at radius 1 is 1.50 bits per heavy atom. The molecule has 0 spiro atoms. The van der Waals surface area contributed by atoms with Gasteiger partial charge in [-0.2, -0.15) is 5.10 Å². The van der Waals surface area contributed by atoms with Crippen molar-refractivity contribution in [3.8, 4) is 10.7 Å². The summed E-state index contributed by atoms with van der Waals surface area (Å²) in [6.45, 7) is 6.10. The van der Waals surface area contributed by atoms with Gasteiger partial charge < -0.3 is 4.74 Å². The van der Waals surface area contributed by atoms with Gasteiger partial charge >= 0.3 is 5.97 Å². The van der Waals surface area contributed by atoms with Gasteiger partial charge in [-0.3, -0.25) is 9.48 Å². The van der Waals surface area contributed by atoms with Crippen LogP contribution < -0.4 is 0 Å². The Labute approximate surface area is 125 Å². The molecule has 0 fully saturated rings. The highest BCUT2D eigenvalue weighted by atomic mass is 32.2. The molecule has 0 N–H and O–H groups in total. The highest BCUT2D eigenvalue weighted by molar-refractivity contribution is 8.01. The summed E-state index contributed by atoms with van der Waals surface area (Å²) < 4.78 is 7.28. The van der Waals surface area contributed by atoms with E-state index in [1.54, 1.807) is 0 Å². The van der Waals surface area contributed by atoms with Crippen molar-refractivity contribution in [3.05, 3.63) is 11.8 Å². The molecule has 6 nitrogen and oxygen atoms in total. The van der Waals surface area contributed by atoms with Gasteiger partial charge in [-0.25, -0.2) is 0 Å². The predicted molar refractivity (Wildman–Crippen MR) is 79.0 cm³/mol. The monoisotopic (exact) mass is 312 g/mol. The number of aryl methyl sites for hydroxylation is 1. The van der Waals surface area contributed by atoms with Gasteiger partial charge in [0, 0.05) is 6.04 Å². The van der Waals surface area contributed by atoms with Crippen LogP contribution in [-0.2, 0) is 9.53 Å². The zero-order valence-electron chi connectivity index (χ0n) is 11.8. The van der Waals surface area contributed by atoms with E-state index in [9.17, 15) is 4.79 Å². The minimum Gasteiger partial charge on any atom is -0.468 e. The van der Waals surface area contributed by atoms with Crippen molar-refractivity contribution in [2.75, 3.05) is 12.9 Å². The third kappa shape index (κ3) is 3.37. The first kappa shape index (κ1) is 15.0. The lowest BCUT2D eigenvalue weighted by molar-refractivity contribution is -0.137. The number of hydrogen-bond acceptors (Lipinski definition) is 7. The second-order valence-electron chi connectivity index (χ2n) is 4.45. The van der Waals surface area contributed by atoms with Crippen molar-refractivity contribution >= 4 is 29.1 Å². The number of carbonyl (C=O) groups is 1. The van der Waals surface area contributed by atoms with E-state index in [1.165, 1.54) is 30.2 Å². The van der Waals surface area contributed by atoms with E-state index in [-0.39, 0.29) is 17.8 Å². The lowest BCUT2D eigenvalue weighted by atomic mass is 10.3. The van der Waals surface area contributed by atoms with Crippen molar-refractivity contribution in [1.29, 1.82) is 0 Å². The number of hydrogen-bond donors (Lipinski definition) is 0. The molecule has 0 aliphatic rings. The van der Waals surface area contributed by atoms with E-state index in [2.05, 4.69) is 33.9 Å². The maximum atomic E-state index is 11.1. The Bertz CT molecular complexity index is 606. The average molecular weight is 312 g/mol. The molecule has 2 rings (SSSR count). The quantitative estimate of drug-likeness (QED) is 0.624. The van der Waals surface area contributed by atoms with Crippen LogP contribution in [0.5, 0.6) is 0 Å². The minimum atomic E-state index is -0.269. The van der Waals surface area contributed by atoms with Crippen LogP contribution in [0.15, 0.2) is 10.4 Å². The number of aromatic nitrogens is 4. The summed E-state index contributed by atoms with van der Waals surface area (Å²) in [4.78, 5) is 11.1. The first-order valence-corrected chi connectivity index (χ1v) is 7.91. The van der Waals surface area contributed by atoms with E-state index >= 15 is 0 Å². The molecule has 0 radical (unpaired) electrons. The fraction of sp³-hybridized carbons (Fsp3) is 0.500. The standard InChI is InChI=1S/C12H16N4O2S2/c1-7(2)16-9(5-8(3)15-16)11-13-14-12(20-11)19-6-10(17)18-4/h5,7H,6H2,1-4H3. The Hall–Kier alpha value is -1.41. The molecule has 2 heterocycles. The number of ether oxygens (including phenoxy) is 1. The van der Waals surface area contributed by atoms with E-state index < -0.39 is 0 Å². The number of thioether (sulfide) groups is 1. The molecule has 0 saturated heterocycles. The Balaban J connectivity index is 2.18. The Morgan fingerprint density at radius 3 is 2.90 bits per heavy atom. The number of methoxy groups -OCH3 is 1. The zero-order chi connectivity index (χ0) is 14.7. The zero-order valence-corrected chi connectivity index (χ0v) is 13.4. The topological polar surface area (TPSA) is 69.9 Å². The minimum absolute atomic E-state index is 0.244. The van der Waals surface area contributed by atoms with Gasteiger partial charge in [0.05, 0.1) is 24.3 Å². The van der Waals surface area contributed by atoms with E-state index in [4.69, 9.17) is 0 Å². The molecule has 0 atom stereocenters. The molecule has 0 aromatic carbocycles. The van der Waals surface area contributed by atoms with E-state index in [1.807, 2.05) is 17.7 Å². The van der Waals surface area contributed by atoms with Crippen molar-refractivity contribution < 1.29 is 9.53 Å². The van der Waals surface area contributed by atoms with Crippen LogP contribution in [-0.4, -0.2) is 38.8 Å². The van der Waals surface area contributed by atoms with Crippen LogP contribution in [0.4, 0.5) is 0 Å². The van der Waals surface area contributed by atoms with Crippen molar-refractivity contribution in [2.45, 2.75) is 31.2 Å². The number of esters is 1. The SMILES string of the molecule is COC(=O)CSc1nnc(-c2cc(C)nn2C(C)C)s1. The molecular formula is C12H16N4O2S2. The molecule has 0 unspecified atom stereocenters. The maximum absolute atomic E-state index is 11.1. The second-order valence-corrected chi connectivity index (χ2v) is 6.65. The predicted octanol–water partition coefficient (Wildman–Crippen LogP) is 2.56. The summed E-state index contributed by atoms with van der Waals surface area (Å²) >= 11 is 2.79. The second kappa shape index (κ2) is 6.36. The smallest absolute Gasteiger partial charge is 0.316 e. The summed E-state index contributed by atoms with van der Waals surface area (Å²) in [5.41, 5.74) is 1.91. The molecule has 0 aliphatic heterocycles. The molecule has 20 heavy (non-hydrogen) atoms. The third-order valence-electron chi connectivity index (χ3n) is 2.51. The molecule has 0 saturated carbocycles. The average Bonchev–Trinajstić information content (AvgIpc) is 3.01. The first-order chi connectivity index (χ1) is 9.51. The summed E-state index contributed by atoms with van der Waals surface area (Å²) in [5.74, 6) is -0.0250. The number of carbonyl (C=O) groups excluding carboxylic acids is 1. The van der Waals surface area contributed by atoms with Gasteiger partial charge in [0.25, 0.3) is 0 Å². The first-order valence-electron chi connectivity index (χ1n) is 6.11. The van der Waals surface area contributed by atoms with Crippen LogP contribution in [0.1, 0.15) is 25.6 Å². The van der Waals surface area contributed by atoms with Gasteiger partial charge in [0.15, 0.2) is 9.35 Å². The molecular weight excluding hydrogens is 296 g/mol. The lowest BCUT2D eigenvalue weighted by Crippen LogP contribution is -2.04. The molecule has 0 aliphatic carbocycles. The molecule has 108 valence electrons. The molecule has 2 aromatic rings. The van der Waals surface area contributed by atoms with Crippen LogP contribution in [0.2, 0.25) is 0 Å². The highest BCUT2D eigenvalue weighted by Crippen LogP contribution is 2.31. The van der Waals surface area contributed by atoms with Gasteiger partial charge in [-0.05, 0) is 26.8 Å². The third-order valence-corrected chi connectivity index (χ3v) is 4.57. The summed E-state index contributed by atoms with van der Waals surface area (Å²) in [7, 11) is 1.37. The maximum Gasteiger partial charge on any atom is 0.316 e. The molecule has 2 aromatic heterocycles. The molecule has 8 heteroatoms. The Morgan fingerprint density at radius 2 is 2.25 bits per heavy atom. The van der Waals surface area contributed by atoms with Gasteiger partial charge in [0.1, 0.15) is 0 Å². The number of rotatable bonds is 5. The molecule has 0 amide bonds. The van der Waals surface area contributed by atoms with Crippen LogP contribution in [0, 0.1) is 6.92 Å². The highest BCUT2D eigenvalue weighted by Gasteiger charge is 2.16. The van der Waals surface area contributed by atoms with Crippen molar-refractivity contribution in [1.82, 2.24) is 20.0 Å². The van der Waals surface area contributed by atoms with Gasteiger partial charge in [-0.1, -0.05) is 23.1 Å². The lowest BCUT2D eigenvalue weighted by Gasteiger charge is -2.08. The van der Waals surface area contributed by atoms with E-state index in [0.29, 0.717) is 0 Å². The van der Waals surface area contributed by atoms with E-state index in [0.717, 1.165) is 20.7 Å². The number of nitrogens with zero attached hydrogens (tertiary/aromatic N) is 4. The summed E-state index contributed by atoms with van der Waals surface area (Å²) in [6.07, 6.45) is 0. The van der Waals surface area contributed by atoms with Crippen LogP contribution in [0.25, 0.3) is 10.7 Å². The fourth-order valence-corrected chi connectivity index (χ4v) is 3.31. The summed E-state index contributed by atoms with van der Waals surface area (Å²) in [5, 5.41) is 13.5. The largest absolute Gasteiger partial charge is 0.468 e. The van der Waals surface area contributed by atoms with Crippen molar-refractivity contribution in [2.24, 2.45) is 0 Å². The molecule has 0 bridgehead atoms. The van der Waals surface area contributed by atoms with Gasteiger partial charge in [-0.15, -0.1) is 10.2 Å². The summed E-state index contributed by atoms with van der Waals surface area (Å²) in [6, 6.07) is 2.25. The normalized spacial score (nSPS) is 11.1. The Kier molecular flexibility index (Phi) is 4.77. The fourth-order valence-electron chi connectivity index (χ4n) is 1.62.